The van der Waals surface area contributed by atoms with E-state index in [2.05, 4.69) is 55.1 Å². The predicted octanol–water partition coefficient (Wildman–Crippen LogP) is 4.75. The minimum Gasteiger partial charge on any atom is -0.373 e. The van der Waals surface area contributed by atoms with Gasteiger partial charge in [0.2, 0.25) is 0 Å². The summed E-state index contributed by atoms with van der Waals surface area (Å²) >= 11 is 4.55. The second-order valence-electron chi connectivity index (χ2n) is 4.07. The first-order valence-electron chi connectivity index (χ1n) is 6.39. The summed E-state index contributed by atoms with van der Waals surface area (Å²) in [6.45, 7) is 1.13. The maximum absolute atomic E-state index is 5.60. The molecule has 3 nitrogen and oxygen atoms in total. The molecule has 2 heterocycles. The van der Waals surface area contributed by atoms with Crippen LogP contribution in [0.2, 0.25) is 0 Å². The molecule has 0 saturated carbocycles. The van der Waals surface area contributed by atoms with Gasteiger partial charge in [0.25, 0.3) is 0 Å². The van der Waals surface area contributed by atoms with Crippen molar-refractivity contribution in [2.75, 3.05) is 13.2 Å². The Bertz CT molecular complexity index is 557. The molecule has 0 N–H and O–H groups in total. The number of ether oxygens (including phenoxy) is 1. The predicted molar refractivity (Wildman–Crippen MR) is 103 cm³/mol. The zero-order chi connectivity index (χ0) is 14.9. The number of rotatable bonds is 6. The molecule has 2 aromatic rings. The van der Waals surface area contributed by atoms with Crippen LogP contribution in [0.1, 0.15) is 11.4 Å². The van der Waals surface area contributed by atoms with Gasteiger partial charge in [-0.05, 0) is 81.6 Å². The summed E-state index contributed by atoms with van der Waals surface area (Å²) in [6, 6.07) is 11.8. The van der Waals surface area contributed by atoms with E-state index in [1.165, 1.54) is 0 Å². The molecular weight excluding hydrogens is 490 g/mol. The summed E-state index contributed by atoms with van der Waals surface area (Å²) in [6.07, 6.45) is 7.65. The molecule has 108 valence electrons. The van der Waals surface area contributed by atoms with E-state index in [0.717, 1.165) is 18.5 Å². The van der Waals surface area contributed by atoms with Crippen molar-refractivity contribution in [3.05, 3.63) is 72.3 Å². The molecule has 0 radical (unpaired) electrons. The van der Waals surface area contributed by atoms with E-state index in [4.69, 9.17) is 4.74 Å². The number of hydrogen-bond acceptors (Lipinski definition) is 3. The van der Waals surface area contributed by atoms with Gasteiger partial charge in [0, 0.05) is 19.6 Å². The van der Waals surface area contributed by atoms with Crippen LogP contribution < -0.4 is 0 Å². The highest BCUT2D eigenvalue weighted by molar-refractivity contribution is 14.1. The Morgan fingerprint density at radius 1 is 0.857 bits per heavy atom. The lowest BCUT2D eigenvalue weighted by Crippen LogP contribution is -1.93. The summed E-state index contributed by atoms with van der Waals surface area (Å²) < 4.78 is 7.79. The smallest absolute Gasteiger partial charge is 0.0760 e. The Balaban J connectivity index is 1.80. The first-order valence-corrected chi connectivity index (χ1v) is 8.55. The minimum absolute atomic E-state index is 0.567. The third kappa shape index (κ3) is 5.84. The quantitative estimate of drug-likeness (QED) is 0.421. The second kappa shape index (κ2) is 9.26. The molecule has 0 aliphatic rings. The standard InChI is InChI=1S/C16H14I2N2O/c17-13(15-5-1-3-9-19-15)7-11-21-12-8-14(18)16-6-2-4-10-20-16/h1-10H,11-12H2. The fourth-order valence-electron chi connectivity index (χ4n) is 1.55. The highest BCUT2D eigenvalue weighted by atomic mass is 127. The molecule has 0 unspecified atom stereocenters. The second-order valence-corrected chi connectivity index (χ2v) is 6.40. The van der Waals surface area contributed by atoms with Crippen LogP contribution in [0.5, 0.6) is 0 Å². The van der Waals surface area contributed by atoms with E-state index in [1.54, 1.807) is 12.4 Å². The van der Waals surface area contributed by atoms with E-state index in [9.17, 15) is 0 Å². The van der Waals surface area contributed by atoms with Crippen LogP contribution >= 0.6 is 45.2 Å². The molecule has 0 bridgehead atoms. The van der Waals surface area contributed by atoms with Crippen LogP contribution in [0, 0.1) is 0 Å². The van der Waals surface area contributed by atoms with Gasteiger partial charge in [-0.3, -0.25) is 9.97 Å². The average Bonchev–Trinajstić information content (AvgIpc) is 2.55. The lowest BCUT2D eigenvalue weighted by molar-refractivity contribution is 0.195. The van der Waals surface area contributed by atoms with E-state index >= 15 is 0 Å². The van der Waals surface area contributed by atoms with Crippen molar-refractivity contribution >= 4 is 52.3 Å². The van der Waals surface area contributed by atoms with E-state index in [-0.39, 0.29) is 0 Å². The van der Waals surface area contributed by atoms with Crippen molar-refractivity contribution in [1.29, 1.82) is 0 Å². The summed E-state index contributed by atoms with van der Waals surface area (Å²) in [5.41, 5.74) is 1.95. The number of halogens is 2. The molecule has 0 aliphatic carbocycles. The Hall–Kier alpha value is -0.800. The molecule has 5 heteroatoms. The van der Waals surface area contributed by atoms with Crippen LogP contribution in [0.15, 0.2) is 60.9 Å². The third-order valence-corrected chi connectivity index (χ3v) is 4.57. The average molecular weight is 504 g/mol. The van der Waals surface area contributed by atoms with Crippen molar-refractivity contribution in [1.82, 2.24) is 9.97 Å². The Morgan fingerprint density at radius 2 is 1.33 bits per heavy atom. The monoisotopic (exact) mass is 504 g/mol. The zero-order valence-corrected chi connectivity index (χ0v) is 15.6. The fraction of sp³-hybridized carbons (Fsp3) is 0.125. The van der Waals surface area contributed by atoms with E-state index < -0.39 is 0 Å². The van der Waals surface area contributed by atoms with Gasteiger partial charge in [-0.1, -0.05) is 12.1 Å². The first-order chi connectivity index (χ1) is 10.3. The SMILES string of the molecule is IC(=CCOCC=C(I)c1ccccn1)c1ccccn1. The summed E-state index contributed by atoms with van der Waals surface area (Å²) in [5, 5.41) is 0. The summed E-state index contributed by atoms with van der Waals surface area (Å²) in [4.78, 5) is 8.59. The first kappa shape index (κ1) is 16.6. The minimum atomic E-state index is 0.567. The lowest BCUT2D eigenvalue weighted by Gasteiger charge is -2.01. The largest absolute Gasteiger partial charge is 0.373 e. The van der Waals surface area contributed by atoms with Crippen LogP contribution in [-0.4, -0.2) is 23.2 Å². The van der Waals surface area contributed by atoms with Crippen molar-refractivity contribution in [2.24, 2.45) is 0 Å². The maximum Gasteiger partial charge on any atom is 0.0760 e. The molecule has 0 fully saturated rings. The normalized spacial score (nSPS) is 12.5. The Kier molecular flexibility index (Phi) is 7.31. The number of aromatic nitrogens is 2. The van der Waals surface area contributed by atoms with Gasteiger partial charge in [0.15, 0.2) is 0 Å². The van der Waals surface area contributed by atoms with Crippen LogP contribution in [0.3, 0.4) is 0 Å². The molecule has 0 aromatic carbocycles. The number of hydrogen-bond donors (Lipinski definition) is 0. The van der Waals surface area contributed by atoms with Crippen molar-refractivity contribution in [3.63, 3.8) is 0 Å². The highest BCUT2D eigenvalue weighted by Gasteiger charge is 1.98. The van der Waals surface area contributed by atoms with Crippen molar-refractivity contribution in [2.45, 2.75) is 0 Å². The third-order valence-electron chi connectivity index (χ3n) is 2.58. The maximum atomic E-state index is 5.60. The Morgan fingerprint density at radius 3 is 1.71 bits per heavy atom. The Labute approximate surface area is 151 Å². The molecule has 0 atom stereocenters. The number of pyridine rings is 2. The molecule has 0 saturated heterocycles. The molecule has 2 rings (SSSR count). The topological polar surface area (TPSA) is 35.0 Å². The van der Waals surface area contributed by atoms with Gasteiger partial charge < -0.3 is 4.74 Å². The highest BCUT2D eigenvalue weighted by Crippen LogP contribution is 2.20. The number of nitrogens with zero attached hydrogens (tertiary/aromatic N) is 2. The van der Waals surface area contributed by atoms with E-state index in [1.807, 2.05) is 48.6 Å². The molecule has 0 aliphatic heterocycles. The fourth-order valence-corrected chi connectivity index (χ4v) is 2.55. The molecule has 0 spiro atoms. The summed E-state index contributed by atoms with van der Waals surface area (Å²) in [5.74, 6) is 0. The van der Waals surface area contributed by atoms with Gasteiger partial charge >= 0.3 is 0 Å². The van der Waals surface area contributed by atoms with E-state index in [0.29, 0.717) is 13.2 Å². The molecular formula is C16H14I2N2O. The van der Waals surface area contributed by atoms with Gasteiger partial charge in [-0.15, -0.1) is 0 Å². The van der Waals surface area contributed by atoms with Crippen molar-refractivity contribution in [3.8, 4) is 0 Å². The van der Waals surface area contributed by atoms with Gasteiger partial charge in [0.1, 0.15) is 0 Å². The summed E-state index contributed by atoms with van der Waals surface area (Å²) in [7, 11) is 0. The zero-order valence-electron chi connectivity index (χ0n) is 11.2. The van der Waals surface area contributed by atoms with Crippen LogP contribution in [0.4, 0.5) is 0 Å². The van der Waals surface area contributed by atoms with Gasteiger partial charge in [-0.2, -0.15) is 0 Å². The van der Waals surface area contributed by atoms with Crippen molar-refractivity contribution < 1.29 is 4.74 Å². The lowest BCUT2D eigenvalue weighted by atomic mass is 10.3. The van der Waals surface area contributed by atoms with Crippen LogP contribution in [-0.2, 0) is 4.74 Å². The molecule has 21 heavy (non-hydrogen) atoms. The van der Waals surface area contributed by atoms with Crippen LogP contribution in [0.25, 0.3) is 7.16 Å². The molecule has 0 amide bonds. The van der Waals surface area contributed by atoms with Gasteiger partial charge in [0.05, 0.1) is 24.6 Å². The van der Waals surface area contributed by atoms with Gasteiger partial charge in [-0.25, -0.2) is 0 Å². The molecule has 2 aromatic heterocycles.